The van der Waals surface area contributed by atoms with Crippen molar-refractivity contribution in [1.82, 2.24) is 0 Å². The van der Waals surface area contributed by atoms with Gasteiger partial charge in [-0.3, -0.25) is 0 Å². The number of thioether (sulfide) groups is 1. The number of rotatable bonds is 3. The number of aldehydes is 1. The summed E-state index contributed by atoms with van der Waals surface area (Å²) in [6.07, 6.45) is 2.68. The Hall–Kier alpha value is -0.0200. The quantitative estimate of drug-likeness (QED) is 0.526. The molecule has 2 N–H and O–H groups in total. The van der Waals surface area contributed by atoms with Crippen LogP contribution in [0.4, 0.5) is 0 Å². The number of hydrogen-bond donors (Lipinski definition) is 1. The molecule has 0 unspecified atom stereocenters. The normalized spacial score (nSPS) is 13.4. The molecular formula is C4H9NOS. The van der Waals surface area contributed by atoms with E-state index in [0.29, 0.717) is 0 Å². The van der Waals surface area contributed by atoms with Crippen molar-refractivity contribution in [3.8, 4) is 0 Å². The van der Waals surface area contributed by atoms with Crippen molar-refractivity contribution >= 4 is 18.0 Å². The van der Waals surface area contributed by atoms with Gasteiger partial charge in [-0.2, -0.15) is 11.8 Å². The standard InChI is InChI=1S/C4H9NOS/c1-7-3-4(5)2-6/h2,4H,3,5H2,1H3/t4-/m0/s1. The molecule has 7 heavy (non-hydrogen) atoms. The van der Waals surface area contributed by atoms with Gasteiger partial charge in [-0.1, -0.05) is 0 Å². The number of nitrogens with two attached hydrogens (primary N) is 1. The van der Waals surface area contributed by atoms with Crippen LogP contribution in [-0.4, -0.2) is 24.3 Å². The van der Waals surface area contributed by atoms with Crippen LogP contribution in [0.3, 0.4) is 0 Å². The topological polar surface area (TPSA) is 43.1 Å². The lowest BCUT2D eigenvalue weighted by Crippen LogP contribution is -2.23. The fourth-order valence-corrected chi connectivity index (χ4v) is 0.695. The van der Waals surface area contributed by atoms with Crippen molar-refractivity contribution < 1.29 is 4.79 Å². The molecule has 0 aliphatic rings. The Bertz CT molecular complexity index is 57.7. The highest BCUT2D eigenvalue weighted by Crippen LogP contribution is 1.90. The highest BCUT2D eigenvalue weighted by molar-refractivity contribution is 7.98. The average Bonchev–Trinajstić information content (AvgIpc) is 1.68. The zero-order chi connectivity index (χ0) is 5.70. The van der Waals surface area contributed by atoms with Crippen molar-refractivity contribution in [2.75, 3.05) is 12.0 Å². The van der Waals surface area contributed by atoms with Crippen molar-refractivity contribution in [2.24, 2.45) is 5.73 Å². The maximum atomic E-state index is 9.76. The molecule has 0 bridgehead atoms. The second-order valence-electron chi connectivity index (χ2n) is 1.26. The van der Waals surface area contributed by atoms with Crippen LogP contribution in [0.1, 0.15) is 0 Å². The second kappa shape index (κ2) is 4.15. The molecule has 0 fully saturated rings. The SMILES string of the molecule is CSC[C@@H](N)C=O. The predicted octanol–water partition coefficient (Wildman–Crippen LogP) is -0.124. The number of carbonyl (C=O) groups excluding carboxylic acids is 1. The van der Waals surface area contributed by atoms with Gasteiger partial charge in [0.05, 0.1) is 6.04 Å². The van der Waals surface area contributed by atoms with Crippen LogP contribution in [0.2, 0.25) is 0 Å². The maximum Gasteiger partial charge on any atom is 0.137 e. The molecule has 0 spiro atoms. The molecule has 3 heteroatoms. The summed E-state index contributed by atoms with van der Waals surface area (Å²) in [5.74, 6) is 0.726. The highest BCUT2D eigenvalue weighted by Gasteiger charge is 1.93. The number of hydrogen-bond acceptors (Lipinski definition) is 3. The van der Waals surface area contributed by atoms with E-state index in [9.17, 15) is 4.79 Å². The number of carbonyl (C=O) groups is 1. The lowest BCUT2D eigenvalue weighted by Gasteiger charge is -1.95. The van der Waals surface area contributed by atoms with E-state index >= 15 is 0 Å². The smallest absolute Gasteiger partial charge is 0.137 e. The van der Waals surface area contributed by atoms with Gasteiger partial charge >= 0.3 is 0 Å². The Morgan fingerprint density at radius 3 is 2.71 bits per heavy atom. The molecule has 1 atom stereocenters. The van der Waals surface area contributed by atoms with Crippen LogP contribution in [0.5, 0.6) is 0 Å². The minimum atomic E-state index is -0.269. The summed E-state index contributed by atoms with van der Waals surface area (Å²) >= 11 is 1.58. The molecule has 0 heterocycles. The Morgan fingerprint density at radius 1 is 2.00 bits per heavy atom. The van der Waals surface area contributed by atoms with Gasteiger partial charge in [-0.05, 0) is 6.26 Å². The molecule has 0 amide bonds. The van der Waals surface area contributed by atoms with Gasteiger partial charge in [0.2, 0.25) is 0 Å². The Kier molecular flexibility index (Phi) is 4.14. The molecule has 0 radical (unpaired) electrons. The Balaban J connectivity index is 2.98. The Morgan fingerprint density at radius 2 is 2.57 bits per heavy atom. The summed E-state index contributed by atoms with van der Waals surface area (Å²) in [6.45, 7) is 0. The van der Waals surface area contributed by atoms with Crippen LogP contribution < -0.4 is 5.73 Å². The summed E-state index contributed by atoms with van der Waals surface area (Å²) in [6, 6.07) is -0.269. The molecule has 0 saturated carbocycles. The lowest BCUT2D eigenvalue weighted by molar-refractivity contribution is -0.108. The van der Waals surface area contributed by atoms with E-state index in [1.165, 1.54) is 0 Å². The molecule has 0 aliphatic heterocycles. The minimum absolute atomic E-state index is 0.269. The summed E-state index contributed by atoms with van der Waals surface area (Å²) < 4.78 is 0. The van der Waals surface area contributed by atoms with Crippen molar-refractivity contribution in [3.63, 3.8) is 0 Å². The van der Waals surface area contributed by atoms with E-state index in [-0.39, 0.29) is 6.04 Å². The molecule has 0 rings (SSSR count). The third kappa shape index (κ3) is 3.82. The van der Waals surface area contributed by atoms with Gasteiger partial charge in [0.15, 0.2) is 0 Å². The fourth-order valence-electron chi connectivity index (χ4n) is 0.232. The third-order valence-corrected chi connectivity index (χ3v) is 1.25. The summed E-state index contributed by atoms with van der Waals surface area (Å²) in [5, 5.41) is 0. The van der Waals surface area contributed by atoms with Crippen molar-refractivity contribution in [3.05, 3.63) is 0 Å². The first-order valence-electron chi connectivity index (χ1n) is 2.01. The lowest BCUT2D eigenvalue weighted by atomic mass is 10.4. The van der Waals surface area contributed by atoms with Gasteiger partial charge in [-0.15, -0.1) is 0 Å². The van der Waals surface area contributed by atoms with E-state index in [2.05, 4.69) is 0 Å². The van der Waals surface area contributed by atoms with Crippen molar-refractivity contribution in [2.45, 2.75) is 6.04 Å². The van der Waals surface area contributed by atoms with Gasteiger partial charge in [0.25, 0.3) is 0 Å². The van der Waals surface area contributed by atoms with E-state index in [4.69, 9.17) is 5.73 Å². The Labute approximate surface area is 47.5 Å². The van der Waals surface area contributed by atoms with E-state index < -0.39 is 0 Å². The third-order valence-electron chi connectivity index (χ3n) is 0.534. The van der Waals surface area contributed by atoms with Crippen LogP contribution in [0.15, 0.2) is 0 Å². The maximum absolute atomic E-state index is 9.76. The fraction of sp³-hybridized carbons (Fsp3) is 0.750. The van der Waals surface area contributed by atoms with Crippen molar-refractivity contribution in [1.29, 1.82) is 0 Å². The zero-order valence-corrected chi connectivity index (χ0v) is 5.07. The minimum Gasteiger partial charge on any atom is -0.321 e. The molecule has 42 valence electrons. The van der Waals surface area contributed by atoms with E-state index in [0.717, 1.165) is 12.0 Å². The van der Waals surface area contributed by atoms with E-state index in [1.807, 2.05) is 6.26 Å². The predicted molar refractivity (Wildman–Crippen MR) is 32.4 cm³/mol. The summed E-state index contributed by atoms with van der Waals surface area (Å²) in [4.78, 5) is 9.76. The van der Waals surface area contributed by atoms with Gasteiger partial charge in [0, 0.05) is 5.75 Å². The second-order valence-corrected chi connectivity index (χ2v) is 2.17. The van der Waals surface area contributed by atoms with Gasteiger partial charge in [-0.25, -0.2) is 0 Å². The van der Waals surface area contributed by atoms with Crippen LogP contribution in [0.25, 0.3) is 0 Å². The van der Waals surface area contributed by atoms with Crippen LogP contribution >= 0.6 is 11.8 Å². The first kappa shape index (κ1) is 6.98. The summed E-state index contributed by atoms with van der Waals surface area (Å²) in [7, 11) is 0. The first-order chi connectivity index (χ1) is 3.31. The molecular weight excluding hydrogens is 110 g/mol. The van der Waals surface area contributed by atoms with E-state index in [1.54, 1.807) is 11.8 Å². The molecule has 0 aromatic carbocycles. The largest absolute Gasteiger partial charge is 0.321 e. The average molecular weight is 119 g/mol. The zero-order valence-electron chi connectivity index (χ0n) is 4.26. The molecule has 0 aliphatic carbocycles. The molecule has 0 saturated heterocycles. The van der Waals surface area contributed by atoms with Gasteiger partial charge < -0.3 is 10.5 Å². The molecule has 2 nitrogen and oxygen atoms in total. The first-order valence-corrected chi connectivity index (χ1v) is 3.40. The molecule has 0 aromatic heterocycles. The summed E-state index contributed by atoms with van der Waals surface area (Å²) in [5.41, 5.74) is 5.19. The van der Waals surface area contributed by atoms with Crippen LogP contribution in [-0.2, 0) is 4.79 Å². The monoisotopic (exact) mass is 119 g/mol. The van der Waals surface area contributed by atoms with Crippen LogP contribution in [0, 0.1) is 0 Å². The molecule has 0 aromatic rings. The van der Waals surface area contributed by atoms with Gasteiger partial charge in [0.1, 0.15) is 6.29 Å². The highest BCUT2D eigenvalue weighted by atomic mass is 32.2.